The molecular weight excluding hydrogens is 499 g/mol. The van der Waals surface area contributed by atoms with Gasteiger partial charge >= 0.3 is 6.61 Å². The van der Waals surface area contributed by atoms with Gasteiger partial charge in [-0.2, -0.15) is 8.78 Å². The van der Waals surface area contributed by atoms with Gasteiger partial charge in [0.15, 0.2) is 11.6 Å². The summed E-state index contributed by atoms with van der Waals surface area (Å²) in [6.45, 7) is -0.430. The molecule has 0 atom stereocenters. The summed E-state index contributed by atoms with van der Waals surface area (Å²) in [5.74, 6) is -1.76. The Kier molecular flexibility index (Phi) is 9.21. The minimum absolute atomic E-state index is 0.284. The number of ether oxygens (including phenoxy) is 2. The van der Waals surface area contributed by atoms with Crippen molar-refractivity contribution in [2.24, 2.45) is 0 Å². The van der Waals surface area contributed by atoms with Crippen LogP contribution in [-0.2, 0) is 12.8 Å². The van der Waals surface area contributed by atoms with Crippen molar-refractivity contribution in [3.8, 4) is 22.6 Å². The number of hydrogen-bond acceptors (Lipinski definition) is 2. The molecule has 0 saturated carbocycles. The molecule has 2 nitrogen and oxygen atoms in total. The predicted octanol–water partition coefficient (Wildman–Crippen LogP) is 9.27. The van der Waals surface area contributed by atoms with Gasteiger partial charge in [-0.05, 0) is 71.7 Å². The lowest BCUT2D eigenvalue weighted by molar-refractivity contribution is -0.0522. The van der Waals surface area contributed by atoms with E-state index >= 15 is 4.39 Å². The number of halogens is 5. The van der Waals surface area contributed by atoms with Crippen LogP contribution >= 0.6 is 0 Å². The van der Waals surface area contributed by atoms with E-state index in [0.29, 0.717) is 51.8 Å². The average Bonchev–Trinajstić information content (AvgIpc) is 2.89. The molecule has 0 radical (unpaired) electrons. The van der Waals surface area contributed by atoms with Crippen LogP contribution in [0.1, 0.15) is 43.7 Å². The van der Waals surface area contributed by atoms with E-state index in [9.17, 15) is 17.6 Å². The second kappa shape index (κ2) is 12.8. The molecule has 0 bridgehead atoms. The van der Waals surface area contributed by atoms with E-state index in [-0.39, 0.29) is 6.42 Å². The van der Waals surface area contributed by atoms with Gasteiger partial charge in [0.25, 0.3) is 0 Å². The van der Waals surface area contributed by atoms with E-state index in [0.717, 1.165) is 37.8 Å². The standard InChI is InChI=1S/C31H29F5O2/c1-2-3-4-5-16-37-24-12-14-25(27(32)19-24)22-11-13-26-23(18-22)10-9-21(30(26)34)8-6-20-7-15-29(28(33)17-20)38-31(35)36/h7,9-15,17-19,31H,2-6,8,16H2,1H3. The Balaban J connectivity index is 1.45. The lowest BCUT2D eigenvalue weighted by Crippen LogP contribution is -2.04. The maximum absolute atomic E-state index is 15.3. The summed E-state index contributed by atoms with van der Waals surface area (Å²) < 4.78 is 78.5. The van der Waals surface area contributed by atoms with Crippen molar-refractivity contribution in [3.05, 3.63) is 95.3 Å². The predicted molar refractivity (Wildman–Crippen MR) is 139 cm³/mol. The van der Waals surface area contributed by atoms with Crippen molar-refractivity contribution < 1.29 is 31.4 Å². The van der Waals surface area contributed by atoms with E-state index in [1.165, 1.54) is 12.1 Å². The first kappa shape index (κ1) is 27.4. The number of alkyl halides is 2. The zero-order chi connectivity index (χ0) is 27.1. The van der Waals surface area contributed by atoms with Gasteiger partial charge in [0, 0.05) is 17.0 Å². The number of fused-ring (bicyclic) bond motifs is 1. The summed E-state index contributed by atoms with van der Waals surface area (Å²) >= 11 is 0. The van der Waals surface area contributed by atoms with Gasteiger partial charge < -0.3 is 9.47 Å². The molecule has 4 aromatic rings. The van der Waals surface area contributed by atoms with Crippen molar-refractivity contribution in [3.63, 3.8) is 0 Å². The molecular formula is C31H29F5O2. The van der Waals surface area contributed by atoms with E-state index < -0.39 is 29.8 Å². The molecule has 0 fully saturated rings. The molecule has 4 rings (SSSR count). The molecule has 4 aromatic carbocycles. The molecule has 0 heterocycles. The van der Waals surface area contributed by atoms with E-state index in [1.807, 2.05) is 0 Å². The summed E-state index contributed by atoms with van der Waals surface area (Å²) in [4.78, 5) is 0. The zero-order valence-electron chi connectivity index (χ0n) is 21.1. The summed E-state index contributed by atoms with van der Waals surface area (Å²) in [6.07, 6.45) is 4.89. The lowest BCUT2D eigenvalue weighted by atomic mass is 9.97. The smallest absolute Gasteiger partial charge is 0.387 e. The van der Waals surface area contributed by atoms with Crippen LogP contribution in [0.15, 0.2) is 66.7 Å². The molecule has 0 aromatic heterocycles. The van der Waals surface area contributed by atoms with E-state index in [4.69, 9.17) is 4.74 Å². The van der Waals surface area contributed by atoms with Crippen molar-refractivity contribution >= 4 is 10.8 Å². The molecule has 0 saturated heterocycles. The third-order valence-corrected chi connectivity index (χ3v) is 6.45. The topological polar surface area (TPSA) is 18.5 Å². The summed E-state index contributed by atoms with van der Waals surface area (Å²) in [7, 11) is 0. The van der Waals surface area contributed by atoms with Gasteiger partial charge in [0.1, 0.15) is 17.4 Å². The van der Waals surface area contributed by atoms with Crippen molar-refractivity contribution in [1.82, 2.24) is 0 Å². The molecule has 0 N–H and O–H groups in total. The van der Waals surface area contributed by atoms with E-state index in [2.05, 4.69) is 11.7 Å². The van der Waals surface area contributed by atoms with Crippen molar-refractivity contribution in [2.45, 2.75) is 52.1 Å². The van der Waals surface area contributed by atoms with Gasteiger partial charge in [-0.1, -0.05) is 56.5 Å². The first-order valence-corrected chi connectivity index (χ1v) is 12.7. The Bertz CT molecular complexity index is 1390. The Morgan fingerprint density at radius 3 is 2.34 bits per heavy atom. The molecule has 0 amide bonds. The Labute approximate surface area is 219 Å². The number of benzene rings is 4. The monoisotopic (exact) mass is 528 g/mol. The third kappa shape index (κ3) is 6.82. The van der Waals surface area contributed by atoms with Crippen LogP contribution in [0.5, 0.6) is 11.5 Å². The highest BCUT2D eigenvalue weighted by Gasteiger charge is 2.13. The minimum atomic E-state index is -3.11. The fourth-order valence-electron chi connectivity index (χ4n) is 4.41. The quantitative estimate of drug-likeness (QED) is 0.135. The molecule has 0 aliphatic heterocycles. The third-order valence-electron chi connectivity index (χ3n) is 6.45. The first-order chi connectivity index (χ1) is 18.4. The fourth-order valence-corrected chi connectivity index (χ4v) is 4.41. The Morgan fingerprint density at radius 1 is 0.763 bits per heavy atom. The average molecular weight is 529 g/mol. The highest BCUT2D eigenvalue weighted by atomic mass is 19.3. The molecule has 0 aliphatic rings. The van der Waals surface area contributed by atoms with Gasteiger partial charge in [0.2, 0.25) is 0 Å². The highest BCUT2D eigenvalue weighted by molar-refractivity contribution is 5.88. The van der Waals surface area contributed by atoms with Crippen molar-refractivity contribution in [1.29, 1.82) is 0 Å². The van der Waals surface area contributed by atoms with Crippen LogP contribution in [0.4, 0.5) is 22.0 Å². The maximum Gasteiger partial charge on any atom is 0.387 e. The largest absolute Gasteiger partial charge is 0.493 e. The number of aryl methyl sites for hydroxylation is 2. The second-order valence-electron chi connectivity index (χ2n) is 9.17. The molecule has 0 spiro atoms. The normalized spacial score (nSPS) is 11.3. The first-order valence-electron chi connectivity index (χ1n) is 12.7. The van der Waals surface area contributed by atoms with Crippen LogP contribution in [0.25, 0.3) is 21.9 Å². The number of unbranched alkanes of at least 4 members (excludes halogenated alkanes) is 3. The van der Waals surface area contributed by atoms with Crippen molar-refractivity contribution in [2.75, 3.05) is 6.61 Å². The molecule has 38 heavy (non-hydrogen) atoms. The highest BCUT2D eigenvalue weighted by Crippen LogP contribution is 2.31. The number of hydrogen-bond donors (Lipinski definition) is 0. The SMILES string of the molecule is CCCCCCOc1ccc(-c2ccc3c(F)c(CCc4ccc(OC(F)F)c(F)c4)ccc3c2)c(F)c1. The van der Waals surface area contributed by atoms with Crippen LogP contribution < -0.4 is 9.47 Å². The second-order valence-corrected chi connectivity index (χ2v) is 9.17. The van der Waals surface area contributed by atoms with E-state index in [1.54, 1.807) is 42.5 Å². The summed E-state index contributed by atoms with van der Waals surface area (Å²) in [6, 6.07) is 17.0. The lowest BCUT2D eigenvalue weighted by Gasteiger charge is -2.11. The zero-order valence-corrected chi connectivity index (χ0v) is 21.1. The molecule has 0 aliphatic carbocycles. The van der Waals surface area contributed by atoms with Gasteiger partial charge in [-0.25, -0.2) is 13.2 Å². The van der Waals surface area contributed by atoms with Crippen LogP contribution in [0.2, 0.25) is 0 Å². The fraction of sp³-hybridized carbons (Fsp3) is 0.290. The molecule has 0 unspecified atom stereocenters. The maximum atomic E-state index is 15.3. The molecule has 7 heteroatoms. The minimum Gasteiger partial charge on any atom is -0.493 e. The Morgan fingerprint density at radius 2 is 1.61 bits per heavy atom. The van der Waals surface area contributed by atoms with Crippen LogP contribution in [0, 0.1) is 17.5 Å². The van der Waals surface area contributed by atoms with Crippen LogP contribution in [-0.4, -0.2) is 13.2 Å². The number of rotatable bonds is 12. The Hall–Kier alpha value is -3.61. The van der Waals surface area contributed by atoms with Gasteiger partial charge in [0.05, 0.1) is 6.61 Å². The molecule has 200 valence electrons. The summed E-state index contributed by atoms with van der Waals surface area (Å²) in [5, 5.41) is 1.02. The van der Waals surface area contributed by atoms with Gasteiger partial charge in [-0.3, -0.25) is 0 Å². The van der Waals surface area contributed by atoms with Gasteiger partial charge in [-0.15, -0.1) is 0 Å². The van der Waals surface area contributed by atoms with Crippen LogP contribution in [0.3, 0.4) is 0 Å². The summed E-state index contributed by atoms with van der Waals surface area (Å²) in [5.41, 5.74) is 1.99.